The Morgan fingerprint density at radius 1 is 1.12 bits per heavy atom. The maximum absolute atomic E-state index is 12.3. The molecular weight excluding hydrogens is 316 g/mol. The number of likely N-dealkylation sites (tertiary alicyclic amines) is 1. The van der Waals surface area contributed by atoms with Gasteiger partial charge in [-0.15, -0.1) is 0 Å². The quantitative estimate of drug-likeness (QED) is 0.699. The highest BCUT2D eigenvalue weighted by atomic mass is 16.2. The molecule has 1 aliphatic heterocycles. The molecule has 1 fully saturated rings. The number of hydrogen-bond acceptors (Lipinski definition) is 3. The van der Waals surface area contributed by atoms with Crippen molar-refractivity contribution in [1.29, 1.82) is 0 Å². The minimum Gasteiger partial charge on any atom is -0.352 e. The fourth-order valence-corrected chi connectivity index (χ4v) is 3.03. The Labute approximate surface area is 149 Å². The summed E-state index contributed by atoms with van der Waals surface area (Å²) in [5.74, 6) is 0.208. The molecule has 0 bridgehead atoms. The van der Waals surface area contributed by atoms with E-state index in [1.165, 1.54) is 17.7 Å². The molecule has 25 heavy (non-hydrogen) atoms. The lowest BCUT2D eigenvalue weighted by atomic mass is 9.99. The predicted molar refractivity (Wildman–Crippen MR) is 96.9 cm³/mol. The van der Waals surface area contributed by atoms with E-state index in [9.17, 15) is 14.4 Å². The van der Waals surface area contributed by atoms with Crippen molar-refractivity contribution in [3.05, 3.63) is 35.4 Å². The Bertz CT molecular complexity index is 594. The van der Waals surface area contributed by atoms with Crippen molar-refractivity contribution in [1.82, 2.24) is 10.2 Å². The van der Waals surface area contributed by atoms with Crippen LogP contribution in [0.15, 0.2) is 24.3 Å². The Kier molecular flexibility index (Phi) is 7.16. The van der Waals surface area contributed by atoms with Gasteiger partial charge in [0.25, 0.3) is 5.91 Å². The maximum Gasteiger partial charge on any atom is 0.251 e. The number of carbonyl (C=O) groups is 3. The van der Waals surface area contributed by atoms with Crippen molar-refractivity contribution in [3.8, 4) is 0 Å². The zero-order valence-electron chi connectivity index (χ0n) is 15.2. The second kappa shape index (κ2) is 9.35. The normalized spacial score (nSPS) is 15.5. The maximum atomic E-state index is 12.3. The van der Waals surface area contributed by atoms with Crippen LogP contribution in [0.25, 0.3) is 0 Å². The molecule has 5 nitrogen and oxygen atoms in total. The molecule has 0 aromatic heterocycles. The molecule has 0 aliphatic carbocycles. The summed E-state index contributed by atoms with van der Waals surface area (Å²) >= 11 is 0. The molecule has 2 rings (SSSR count). The first-order valence-electron chi connectivity index (χ1n) is 9.25. The summed E-state index contributed by atoms with van der Waals surface area (Å²) in [5.41, 5.74) is 1.46. The fourth-order valence-electron chi connectivity index (χ4n) is 3.03. The average Bonchev–Trinajstić information content (AvgIpc) is 2.94. The van der Waals surface area contributed by atoms with Crippen molar-refractivity contribution < 1.29 is 14.4 Å². The van der Waals surface area contributed by atoms with E-state index in [4.69, 9.17) is 0 Å². The van der Waals surface area contributed by atoms with E-state index in [0.29, 0.717) is 30.9 Å². The van der Waals surface area contributed by atoms with Crippen LogP contribution in [0.4, 0.5) is 0 Å². The van der Waals surface area contributed by atoms with Crippen LogP contribution in [-0.4, -0.2) is 29.2 Å². The summed E-state index contributed by atoms with van der Waals surface area (Å²) in [7, 11) is 0. The van der Waals surface area contributed by atoms with Gasteiger partial charge in [0.05, 0.1) is 6.54 Å². The highest BCUT2D eigenvalue weighted by molar-refractivity contribution is 6.01. The summed E-state index contributed by atoms with van der Waals surface area (Å²) in [5, 5.41) is 3.01. The van der Waals surface area contributed by atoms with E-state index in [2.05, 4.69) is 19.2 Å². The molecule has 136 valence electrons. The van der Waals surface area contributed by atoms with E-state index >= 15 is 0 Å². The number of rotatable bonds is 9. The van der Waals surface area contributed by atoms with Crippen molar-refractivity contribution in [2.45, 2.75) is 58.9 Å². The van der Waals surface area contributed by atoms with Crippen LogP contribution in [0.3, 0.4) is 0 Å². The van der Waals surface area contributed by atoms with E-state index < -0.39 is 0 Å². The van der Waals surface area contributed by atoms with Crippen LogP contribution in [0, 0.1) is 5.92 Å². The van der Waals surface area contributed by atoms with Gasteiger partial charge in [0.15, 0.2) is 0 Å². The molecular formula is C20H28N2O3. The topological polar surface area (TPSA) is 66.5 Å². The molecule has 1 aromatic carbocycles. The first-order valence-corrected chi connectivity index (χ1v) is 9.25. The van der Waals surface area contributed by atoms with E-state index in [1.54, 1.807) is 12.1 Å². The van der Waals surface area contributed by atoms with E-state index in [-0.39, 0.29) is 24.3 Å². The van der Waals surface area contributed by atoms with Gasteiger partial charge in [-0.3, -0.25) is 19.3 Å². The third kappa shape index (κ3) is 5.41. The molecule has 0 saturated carbocycles. The molecule has 0 spiro atoms. The zero-order valence-corrected chi connectivity index (χ0v) is 15.2. The number of unbranched alkanes of at least 4 members (excludes halogenated alkanes) is 1. The number of benzene rings is 1. The van der Waals surface area contributed by atoms with Gasteiger partial charge < -0.3 is 5.32 Å². The van der Waals surface area contributed by atoms with Crippen molar-refractivity contribution >= 4 is 17.7 Å². The smallest absolute Gasteiger partial charge is 0.251 e. The summed E-state index contributed by atoms with van der Waals surface area (Å²) in [4.78, 5) is 36.9. The summed E-state index contributed by atoms with van der Waals surface area (Å²) in [6, 6.07) is 7.12. The minimum absolute atomic E-state index is 0.0742. The van der Waals surface area contributed by atoms with Crippen LogP contribution in [0.5, 0.6) is 0 Å². The molecule has 1 N–H and O–H groups in total. The Hall–Kier alpha value is -2.17. The van der Waals surface area contributed by atoms with Gasteiger partial charge in [-0.05, 0) is 30.0 Å². The predicted octanol–water partition coefficient (Wildman–Crippen LogP) is 3.28. The molecule has 1 unspecified atom stereocenters. The second-order valence-electron chi connectivity index (χ2n) is 6.70. The standard InChI is InChI=1S/C20H28N2O3/c1-3-5-6-15(4-2)13-21-20(25)17-9-7-16(8-10-17)14-22-18(23)11-12-19(22)24/h7-10,15H,3-6,11-14H2,1-2H3,(H,21,25). The number of nitrogens with zero attached hydrogens (tertiary/aromatic N) is 1. The van der Waals surface area contributed by atoms with Gasteiger partial charge in [-0.1, -0.05) is 45.2 Å². The van der Waals surface area contributed by atoms with Crippen LogP contribution in [-0.2, 0) is 16.1 Å². The molecule has 1 aliphatic rings. The first kappa shape index (κ1) is 19.2. The average molecular weight is 344 g/mol. The molecule has 1 saturated heterocycles. The SMILES string of the molecule is CCCCC(CC)CNC(=O)c1ccc(CN2C(=O)CCC2=O)cc1. The van der Waals surface area contributed by atoms with Crippen molar-refractivity contribution in [2.75, 3.05) is 6.54 Å². The Morgan fingerprint density at radius 2 is 1.76 bits per heavy atom. The summed E-state index contributed by atoms with van der Waals surface area (Å²) < 4.78 is 0. The molecule has 0 radical (unpaired) electrons. The number of carbonyl (C=O) groups excluding carboxylic acids is 3. The molecule has 1 heterocycles. The van der Waals surface area contributed by atoms with E-state index in [0.717, 1.165) is 18.4 Å². The molecule has 5 heteroatoms. The molecule has 1 aromatic rings. The van der Waals surface area contributed by atoms with Gasteiger partial charge in [0.1, 0.15) is 0 Å². The van der Waals surface area contributed by atoms with E-state index in [1.807, 2.05) is 12.1 Å². The Morgan fingerprint density at radius 3 is 2.32 bits per heavy atom. The highest BCUT2D eigenvalue weighted by Gasteiger charge is 2.28. The molecule has 3 amide bonds. The third-order valence-electron chi connectivity index (χ3n) is 4.81. The van der Waals surface area contributed by atoms with Gasteiger partial charge in [-0.2, -0.15) is 0 Å². The first-order chi connectivity index (χ1) is 12.0. The third-order valence-corrected chi connectivity index (χ3v) is 4.81. The minimum atomic E-state index is -0.121. The van der Waals surface area contributed by atoms with Gasteiger partial charge >= 0.3 is 0 Å². The zero-order chi connectivity index (χ0) is 18.2. The summed E-state index contributed by atoms with van der Waals surface area (Å²) in [6.07, 6.45) is 5.18. The van der Waals surface area contributed by atoms with Crippen LogP contribution in [0.2, 0.25) is 0 Å². The fraction of sp³-hybridized carbons (Fsp3) is 0.550. The van der Waals surface area contributed by atoms with Crippen LogP contribution in [0.1, 0.15) is 68.3 Å². The second-order valence-corrected chi connectivity index (χ2v) is 6.70. The van der Waals surface area contributed by atoms with Gasteiger partial charge in [0, 0.05) is 24.9 Å². The lowest BCUT2D eigenvalue weighted by Gasteiger charge is -2.16. The largest absolute Gasteiger partial charge is 0.352 e. The van der Waals surface area contributed by atoms with Crippen molar-refractivity contribution in [2.24, 2.45) is 5.92 Å². The van der Waals surface area contributed by atoms with Crippen molar-refractivity contribution in [3.63, 3.8) is 0 Å². The van der Waals surface area contributed by atoms with Gasteiger partial charge in [0.2, 0.25) is 11.8 Å². The number of nitrogens with one attached hydrogen (secondary N) is 1. The lowest BCUT2D eigenvalue weighted by molar-refractivity contribution is -0.139. The number of hydrogen-bond donors (Lipinski definition) is 1. The van der Waals surface area contributed by atoms with Crippen LogP contribution < -0.4 is 5.32 Å². The Balaban J connectivity index is 1.87. The van der Waals surface area contributed by atoms with Crippen LogP contribution >= 0.6 is 0 Å². The number of imide groups is 1. The summed E-state index contributed by atoms with van der Waals surface area (Å²) in [6.45, 7) is 5.32. The van der Waals surface area contributed by atoms with Gasteiger partial charge in [-0.25, -0.2) is 0 Å². The highest BCUT2D eigenvalue weighted by Crippen LogP contribution is 2.16. The lowest BCUT2D eigenvalue weighted by Crippen LogP contribution is -2.29. The molecule has 1 atom stereocenters. The number of amides is 3. The monoisotopic (exact) mass is 344 g/mol.